The maximum Gasteiger partial charge on any atom is 0.147 e. The summed E-state index contributed by atoms with van der Waals surface area (Å²) >= 11 is 0. The van der Waals surface area contributed by atoms with E-state index in [4.69, 9.17) is 0 Å². The van der Waals surface area contributed by atoms with Gasteiger partial charge in [0.2, 0.25) is 0 Å². The topological polar surface area (TPSA) is 58.0 Å². The highest BCUT2D eigenvalue weighted by molar-refractivity contribution is 5.86. The molecule has 0 amide bonds. The van der Waals surface area contributed by atoms with Gasteiger partial charge in [-0.2, -0.15) is 0 Å². The molecule has 0 spiro atoms. The fourth-order valence-corrected chi connectivity index (χ4v) is 3.40. The number of anilines is 1. The van der Waals surface area contributed by atoms with Crippen molar-refractivity contribution < 1.29 is 5.11 Å². The molecular formula is C24H23N3O. The predicted molar refractivity (Wildman–Crippen MR) is 114 cm³/mol. The number of hydrogen-bond donors (Lipinski definition) is 2. The fraction of sp³-hybridized carbons (Fsp3) is 0.167. The van der Waals surface area contributed by atoms with Gasteiger partial charge in [-0.15, -0.1) is 0 Å². The lowest BCUT2D eigenvalue weighted by molar-refractivity contribution is 0.471. The van der Waals surface area contributed by atoms with Crippen LogP contribution in [0.3, 0.4) is 0 Å². The van der Waals surface area contributed by atoms with E-state index in [1.54, 1.807) is 6.20 Å². The number of nitrogens with one attached hydrogen (secondary N) is 1. The summed E-state index contributed by atoms with van der Waals surface area (Å²) in [5.41, 5.74) is 4.61. The van der Waals surface area contributed by atoms with Crippen LogP contribution in [-0.4, -0.2) is 15.1 Å². The zero-order chi connectivity index (χ0) is 19.5. The molecule has 4 nitrogen and oxygen atoms in total. The summed E-state index contributed by atoms with van der Waals surface area (Å²) in [5, 5.41) is 15.5. The molecule has 0 fully saturated rings. The lowest BCUT2D eigenvalue weighted by Crippen LogP contribution is -2.13. The summed E-state index contributed by atoms with van der Waals surface area (Å²) in [6.07, 6.45) is 2.74. The molecule has 0 bridgehead atoms. The predicted octanol–water partition coefficient (Wildman–Crippen LogP) is 5.41. The van der Waals surface area contributed by atoms with Crippen molar-refractivity contribution >= 4 is 16.7 Å². The van der Waals surface area contributed by atoms with E-state index < -0.39 is 0 Å². The summed E-state index contributed by atoms with van der Waals surface area (Å²) in [6, 6.07) is 21.9. The summed E-state index contributed by atoms with van der Waals surface area (Å²) < 4.78 is 0. The normalized spacial score (nSPS) is 12.1. The van der Waals surface area contributed by atoms with E-state index in [-0.39, 0.29) is 11.8 Å². The highest BCUT2D eigenvalue weighted by atomic mass is 16.3. The number of nitrogens with zero attached hydrogens (tertiary/aromatic N) is 2. The molecule has 2 heterocycles. The minimum atomic E-state index is -0.243. The number of pyridine rings is 2. The molecule has 0 radical (unpaired) electrons. The number of phenols is 1. The molecule has 4 aromatic rings. The number of aromatic nitrogens is 2. The zero-order valence-corrected chi connectivity index (χ0v) is 16.1. The van der Waals surface area contributed by atoms with Gasteiger partial charge in [0, 0.05) is 22.8 Å². The Balaban J connectivity index is 1.84. The van der Waals surface area contributed by atoms with Crippen molar-refractivity contribution in [2.45, 2.75) is 26.3 Å². The van der Waals surface area contributed by atoms with Gasteiger partial charge in [0.15, 0.2) is 0 Å². The summed E-state index contributed by atoms with van der Waals surface area (Å²) in [5.74, 6) is 0.956. The number of fused-ring (bicyclic) bond motifs is 1. The second kappa shape index (κ2) is 7.69. The third kappa shape index (κ3) is 3.54. The van der Waals surface area contributed by atoms with Crippen molar-refractivity contribution in [1.82, 2.24) is 9.97 Å². The number of benzene rings is 2. The van der Waals surface area contributed by atoms with Crippen LogP contribution in [0.2, 0.25) is 0 Å². The molecule has 2 aromatic carbocycles. The van der Waals surface area contributed by atoms with Crippen LogP contribution in [0.25, 0.3) is 10.9 Å². The molecule has 0 unspecified atom stereocenters. The van der Waals surface area contributed by atoms with Crippen molar-refractivity contribution in [2.24, 2.45) is 0 Å². The van der Waals surface area contributed by atoms with E-state index in [0.29, 0.717) is 5.52 Å². The number of aromatic hydroxyl groups is 1. The van der Waals surface area contributed by atoms with Gasteiger partial charge >= 0.3 is 0 Å². The molecule has 28 heavy (non-hydrogen) atoms. The van der Waals surface area contributed by atoms with E-state index in [1.807, 2.05) is 49.4 Å². The van der Waals surface area contributed by atoms with Crippen molar-refractivity contribution in [3.05, 3.63) is 95.3 Å². The Morgan fingerprint density at radius 2 is 1.75 bits per heavy atom. The standard InChI is InChI=1S/C24H23N3O/c1-3-17-8-11-18(12-9-17)22(27-21-6-4-5-15-25-21)20-14-13-19-10-7-16(2)26-23(19)24(20)28/h4-15,22,28H,3H2,1-2H3,(H,25,27)/t22-/m1/s1. The average Bonchev–Trinajstić information content (AvgIpc) is 2.74. The minimum Gasteiger partial charge on any atom is -0.505 e. The molecule has 0 aliphatic rings. The van der Waals surface area contributed by atoms with Gasteiger partial charge < -0.3 is 10.4 Å². The third-order valence-electron chi connectivity index (χ3n) is 5.00. The maximum absolute atomic E-state index is 11.1. The van der Waals surface area contributed by atoms with Crippen LogP contribution in [0.1, 0.15) is 35.3 Å². The average molecular weight is 369 g/mol. The third-order valence-corrected chi connectivity index (χ3v) is 5.00. The second-order valence-corrected chi connectivity index (χ2v) is 6.92. The van der Waals surface area contributed by atoms with E-state index >= 15 is 0 Å². The molecule has 140 valence electrons. The van der Waals surface area contributed by atoms with E-state index in [0.717, 1.165) is 34.4 Å². The highest BCUT2D eigenvalue weighted by Crippen LogP contribution is 2.36. The number of aryl methyl sites for hydroxylation is 2. The van der Waals surface area contributed by atoms with Crippen LogP contribution in [-0.2, 0) is 6.42 Å². The molecule has 0 saturated heterocycles. The fourth-order valence-electron chi connectivity index (χ4n) is 3.40. The van der Waals surface area contributed by atoms with Crippen molar-refractivity contribution in [2.75, 3.05) is 5.32 Å². The monoisotopic (exact) mass is 369 g/mol. The lowest BCUT2D eigenvalue weighted by Gasteiger charge is -2.22. The van der Waals surface area contributed by atoms with Crippen LogP contribution in [0.5, 0.6) is 5.75 Å². The van der Waals surface area contributed by atoms with Gasteiger partial charge in [0.25, 0.3) is 0 Å². The Morgan fingerprint density at radius 3 is 2.46 bits per heavy atom. The Kier molecular flexibility index (Phi) is 4.94. The van der Waals surface area contributed by atoms with Gasteiger partial charge in [0.05, 0.1) is 6.04 Å². The van der Waals surface area contributed by atoms with E-state index in [9.17, 15) is 5.11 Å². The smallest absolute Gasteiger partial charge is 0.147 e. The van der Waals surface area contributed by atoms with Gasteiger partial charge in [-0.05, 0) is 42.7 Å². The molecule has 0 saturated carbocycles. The van der Waals surface area contributed by atoms with Crippen LogP contribution >= 0.6 is 0 Å². The maximum atomic E-state index is 11.1. The van der Waals surface area contributed by atoms with Crippen LogP contribution in [0.15, 0.2) is 72.9 Å². The molecule has 0 aliphatic heterocycles. The minimum absolute atomic E-state index is 0.203. The molecular weight excluding hydrogens is 346 g/mol. The van der Waals surface area contributed by atoms with Crippen LogP contribution < -0.4 is 5.32 Å². The second-order valence-electron chi connectivity index (χ2n) is 6.92. The zero-order valence-electron chi connectivity index (χ0n) is 16.1. The number of hydrogen-bond acceptors (Lipinski definition) is 4. The van der Waals surface area contributed by atoms with Gasteiger partial charge in [-0.25, -0.2) is 9.97 Å². The Morgan fingerprint density at radius 1 is 0.964 bits per heavy atom. The summed E-state index contributed by atoms with van der Waals surface area (Å²) in [7, 11) is 0. The SMILES string of the molecule is CCc1ccc([C@@H](Nc2ccccn2)c2ccc3ccc(C)nc3c2O)cc1. The van der Waals surface area contributed by atoms with Crippen molar-refractivity contribution in [3.63, 3.8) is 0 Å². The molecule has 2 N–H and O–H groups in total. The van der Waals surface area contributed by atoms with Crippen molar-refractivity contribution in [3.8, 4) is 5.75 Å². The van der Waals surface area contributed by atoms with Crippen molar-refractivity contribution in [1.29, 1.82) is 0 Å². The summed E-state index contributed by atoms with van der Waals surface area (Å²) in [6.45, 7) is 4.07. The van der Waals surface area contributed by atoms with Gasteiger partial charge in [-0.3, -0.25) is 0 Å². The van der Waals surface area contributed by atoms with Gasteiger partial charge in [-0.1, -0.05) is 55.5 Å². The quantitative estimate of drug-likeness (QED) is 0.494. The summed E-state index contributed by atoms with van der Waals surface area (Å²) in [4.78, 5) is 8.95. The molecule has 1 atom stereocenters. The first-order valence-corrected chi connectivity index (χ1v) is 9.51. The molecule has 0 aliphatic carbocycles. The first-order valence-electron chi connectivity index (χ1n) is 9.51. The molecule has 4 heteroatoms. The largest absolute Gasteiger partial charge is 0.505 e. The Hall–Kier alpha value is -3.40. The first-order chi connectivity index (χ1) is 13.7. The molecule has 4 rings (SSSR count). The Bertz CT molecular complexity index is 1090. The molecule has 2 aromatic heterocycles. The number of rotatable bonds is 5. The number of phenolic OH excluding ortho intramolecular Hbond substituents is 1. The van der Waals surface area contributed by atoms with E-state index in [2.05, 4.69) is 46.5 Å². The van der Waals surface area contributed by atoms with Crippen LogP contribution in [0, 0.1) is 6.92 Å². The highest BCUT2D eigenvalue weighted by Gasteiger charge is 2.20. The first kappa shape index (κ1) is 18.0. The van der Waals surface area contributed by atoms with Crippen LogP contribution in [0.4, 0.5) is 5.82 Å². The Labute approximate surface area is 164 Å². The van der Waals surface area contributed by atoms with Gasteiger partial charge in [0.1, 0.15) is 17.1 Å². The lowest BCUT2D eigenvalue weighted by atomic mass is 9.95. The van der Waals surface area contributed by atoms with E-state index in [1.165, 1.54) is 5.56 Å².